The van der Waals surface area contributed by atoms with Crippen molar-refractivity contribution in [3.63, 3.8) is 0 Å². The molecule has 0 unspecified atom stereocenters. The number of carbonyl (C=O) groups is 1. The van der Waals surface area contributed by atoms with Gasteiger partial charge in [0, 0.05) is 37.0 Å². The molecule has 5 atom stereocenters. The molecule has 34 heavy (non-hydrogen) atoms. The zero-order chi connectivity index (χ0) is 23.3. The lowest BCUT2D eigenvalue weighted by Crippen LogP contribution is -2.43. The molecular weight excluding hydrogens is 414 g/mol. The average Bonchev–Trinajstić information content (AvgIpc) is 3.20. The largest absolute Gasteiger partial charge is 0.372 e. The van der Waals surface area contributed by atoms with Crippen molar-refractivity contribution in [1.82, 2.24) is 0 Å². The molecule has 5 aliphatic rings. The van der Waals surface area contributed by atoms with Crippen LogP contribution in [0, 0.1) is 35.0 Å². The molecule has 2 nitrogen and oxygen atoms in total. The van der Waals surface area contributed by atoms with Gasteiger partial charge in [0.15, 0.2) is 5.78 Å². The lowest BCUT2D eigenvalue weighted by molar-refractivity contribution is -0.114. The van der Waals surface area contributed by atoms with Crippen molar-refractivity contribution >= 4 is 11.5 Å². The van der Waals surface area contributed by atoms with E-state index >= 15 is 0 Å². The molecule has 0 amide bonds. The minimum Gasteiger partial charge on any atom is -0.372 e. The molecule has 1 aliphatic heterocycles. The standard InChI is InChI=1S/C32H39NO/c1-3-7-24-11-17-30-28-15-10-23-20-26(34)14-16-27(23)31(28)29(21-32(24,30)2)22-8-12-25(13-9-22)33-18-5-4-6-19-33/h8-9,12-13,20,24,28-30H,4-6,10-11,14-19,21H2,1-2H3/t24-,28+,29-,30+,32-/m1/s1. The Hall–Kier alpha value is -2.27. The third kappa shape index (κ3) is 3.59. The Morgan fingerprint density at radius 1 is 0.971 bits per heavy atom. The van der Waals surface area contributed by atoms with Gasteiger partial charge in [-0.25, -0.2) is 0 Å². The Labute approximate surface area is 205 Å². The van der Waals surface area contributed by atoms with Gasteiger partial charge in [-0.1, -0.05) is 30.6 Å². The van der Waals surface area contributed by atoms with Crippen molar-refractivity contribution in [3.05, 3.63) is 52.6 Å². The maximum atomic E-state index is 12.2. The molecule has 0 aromatic heterocycles. The minimum atomic E-state index is 0.291. The van der Waals surface area contributed by atoms with Crippen LogP contribution in [0.3, 0.4) is 0 Å². The van der Waals surface area contributed by atoms with Gasteiger partial charge in [-0.2, -0.15) is 0 Å². The molecule has 178 valence electrons. The van der Waals surface area contributed by atoms with Crippen LogP contribution in [0.4, 0.5) is 5.69 Å². The smallest absolute Gasteiger partial charge is 0.156 e. The van der Waals surface area contributed by atoms with E-state index in [1.165, 1.54) is 74.9 Å². The number of nitrogens with zero attached hydrogens (tertiary/aromatic N) is 1. The van der Waals surface area contributed by atoms with E-state index in [0.29, 0.717) is 35.4 Å². The summed E-state index contributed by atoms with van der Waals surface area (Å²) in [6.07, 6.45) is 13.7. The number of ketones is 1. The monoisotopic (exact) mass is 453 g/mol. The van der Waals surface area contributed by atoms with Gasteiger partial charge in [-0.05, 0) is 117 Å². The fourth-order valence-corrected chi connectivity index (χ4v) is 8.44. The van der Waals surface area contributed by atoms with E-state index in [0.717, 1.165) is 18.8 Å². The molecule has 0 bridgehead atoms. The number of carbonyl (C=O) groups excluding carboxylic acids is 1. The summed E-state index contributed by atoms with van der Waals surface area (Å²) in [6.45, 7) is 6.96. The summed E-state index contributed by atoms with van der Waals surface area (Å²) in [7, 11) is 0. The van der Waals surface area contributed by atoms with E-state index in [-0.39, 0.29) is 0 Å². The van der Waals surface area contributed by atoms with Crippen LogP contribution in [0.5, 0.6) is 0 Å². The summed E-state index contributed by atoms with van der Waals surface area (Å²) in [5.74, 6) is 9.63. The quantitative estimate of drug-likeness (QED) is 0.441. The van der Waals surface area contributed by atoms with Crippen molar-refractivity contribution in [2.45, 2.75) is 84.0 Å². The molecule has 3 fully saturated rings. The normalized spacial score (nSPS) is 35.1. The summed E-state index contributed by atoms with van der Waals surface area (Å²) in [6, 6.07) is 9.64. The number of hydrogen-bond acceptors (Lipinski definition) is 2. The van der Waals surface area contributed by atoms with Crippen LogP contribution < -0.4 is 4.90 Å². The van der Waals surface area contributed by atoms with Crippen LogP contribution >= 0.6 is 0 Å². The first-order chi connectivity index (χ1) is 16.6. The Morgan fingerprint density at radius 2 is 1.76 bits per heavy atom. The molecule has 1 aromatic carbocycles. The molecule has 1 heterocycles. The second kappa shape index (κ2) is 8.75. The second-order valence-corrected chi connectivity index (χ2v) is 11.7. The number of piperidine rings is 1. The molecule has 0 N–H and O–H groups in total. The van der Waals surface area contributed by atoms with Gasteiger partial charge in [0.2, 0.25) is 0 Å². The van der Waals surface area contributed by atoms with Crippen LogP contribution in [-0.4, -0.2) is 18.9 Å². The molecule has 1 saturated heterocycles. The summed E-state index contributed by atoms with van der Waals surface area (Å²) < 4.78 is 0. The van der Waals surface area contributed by atoms with Gasteiger partial charge in [0.05, 0.1) is 0 Å². The maximum Gasteiger partial charge on any atom is 0.156 e. The third-order valence-corrected chi connectivity index (χ3v) is 10.1. The van der Waals surface area contributed by atoms with Crippen molar-refractivity contribution in [2.24, 2.45) is 23.2 Å². The number of anilines is 1. The predicted molar refractivity (Wildman–Crippen MR) is 140 cm³/mol. The number of allylic oxidation sites excluding steroid dienone is 4. The van der Waals surface area contributed by atoms with Crippen LogP contribution in [0.1, 0.15) is 89.5 Å². The van der Waals surface area contributed by atoms with Crippen LogP contribution in [-0.2, 0) is 4.79 Å². The summed E-state index contributed by atoms with van der Waals surface area (Å²) in [4.78, 5) is 14.8. The van der Waals surface area contributed by atoms with Gasteiger partial charge < -0.3 is 4.90 Å². The lowest BCUT2D eigenvalue weighted by atomic mass is 9.52. The van der Waals surface area contributed by atoms with Crippen LogP contribution in [0.2, 0.25) is 0 Å². The number of fused-ring (bicyclic) bond motifs is 4. The fourth-order valence-electron chi connectivity index (χ4n) is 8.44. The highest BCUT2D eigenvalue weighted by Crippen LogP contribution is 2.65. The van der Waals surface area contributed by atoms with Crippen LogP contribution in [0.25, 0.3) is 0 Å². The van der Waals surface area contributed by atoms with Gasteiger partial charge in [0.1, 0.15) is 0 Å². The van der Waals surface area contributed by atoms with Crippen molar-refractivity contribution in [1.29, 1.82) is 0 Å². The number of rotatable bonds is 2. The molecule has 4 aliphatic carbocycles. The Kier molecular flexibility index (Phi) is 5.71. The highest BCUT2D eigenvalue weighted by atomic mass is 16.1. The van der Waals surface area contributed by atoms with E-state index in [1.54, 1.807) is 11.1 Å². The zero-order valence-corrected chi connectivity index (χ0v) is 21.0. The van der Waals surface area contributed by atoms with Gasteiger partial charge in [-0.15, -0.1) is 5.92 Å². The SMILES string of the molecule is CC#C[C@@H]1CC[C@H]2[C@@H]3CCC4=CC(=O)CCC4=C3[C@@H](c3ccc(N4CCCCC4)cc3)C[C@]12C. The first-order valence-corrected chi connectivity index (χ1v) is 13.8. The first kappa shape index (κ1) is 22.2. The average molecular weight is 454 g/mol. The summed E-state index contributed by atoms with van der Waals surface area (Å²) in [5.41, 5.74) is 7.81. The Bertz CT molecular complexity index is 1090. The molecule has 1 aromatic rings. The summed E-state index contributed by atoms with van der Waals surface area (Å²) >= 11 is 0. The maximum absolute atomic E-state index is 12.2. The molecular formula is C32H39NO. The molecule has 2 heteroatoms. The van der Waals surface area contributed by atoms with Gasteiger partial charge in [0.25, 0.3) is 0 Å². The van der Waals surface area contributed by atoms with Crippen molar-refractivity contribution in [3.8, 4) is 11.8 Å². The molecule has 6 rings (SSSR count). The third-order valence-electron chi connectivity index (χ3n) is 10.1. The Morgan fingerprint density at radius 3 is 2.53 bits per heavy atom. The highest BCUT2D eigenvalue weighted by Gasteiger charge is 2.56. The lowest BCUT2D eigenvalue weighted by Gasteiger charge is -2.52. The van der Waals surface area contributed by atoms with Crippen LogP contribution in [0.15, 0.2) is 47.1 Å². The fraction of sp³-hybridized carbons (Fsp3) is 0.594. The Balaban J connectivity index is 1.42. The van der Waals surface area contributed by atoms with Crippen molar-refractivity contribution in [2.75, 3.05) is 18.0 Å². The minimum absolute atomic E-state index is 0.291. The molecule has 2 saturated carbocycles. The number of hydrogen-bond donors (Lipinski definition) is 0. The zero-order valence-electron chi connectivity index (χ0n) is 21.0. The highest BCUT2D eigenvalue weighted by molar-refractivity contribution is 5.93. The predicted octanol–water partition coefficient (Wildman–Crippen LogP) is 7.22. The van der Waals surface area contributed by atoms with E-state index in [1.807, 2.05) is 13.0 Å². The van der Waals surface area contributed by atoms with Gasteiger partial charge >= 0.3 is 0 Å². The molecule has 0 radical (unpaired) electrons. The van der Waals surface area contributed by atoms with Crippen molar-refractivity contribution < 1.29 is 4.79 Å². The molecule has 0 spiro atoms. The van der Waals surface area contributed by atoms with Gasteiger partial charge in [-0.3, -0.25) is 4.79 Å². The topological polar surface area (TPSA) is 20.3 Å². The van der Waals surface area contributed by atoms with E-state index < -0.39 is 0 Å². The first-order valence-electron chi connectivity index (χ1n) is 13.8. The van der Waals surface area contributed by atoms with E-state index in [9.17, 15) is 4.79 Å². The second-order valence-electron chi connectivity index (χ2n) is 11.7. The van der Waals surface area contributed by atoms with E-state index in [4.69, 9.17) is 0 Å². The van der Waals surface area contributed by atoms with E-state index in [2.05, 4.69) is 47.9 Å². The summed E-state index contributed by atoms with van der Waals surface area (Å²) in [5, 5.41) is 0. The number of benzene rings is 1.